The van der Waals surface area contributed by atoms with Crippen LogP contribution in [-0.2, 0) is 12.7 Å². The highest BCUT2D eigenvalue weighted by molar-refractivity contribution is 5.57. The summed E-state index contributed by atoms with van der Waals surface area (Å²) in [5, 5.41) is 4.36. The molecule has 0 aromatic carbocycles. The Bertz CT molecular complexity index is 1120. The van der Waals surface area contributed by atoms with Crippen LogP contribution in [0.5, 0.6) is 0 Å². The third kappa shape index (κ3) is 4.65. The van der Waals surface area contributed by atoms with Gasteiger partial charge in [-0.05, 0) is 43.9 Å². The number of halogens is 3. The maximum atomic E-state index is 13.4. The minimum absolute atomic E-state index is 0.0615. The van der Waals surface area contributed by atoms with E-state index in [2.05, 4.69) is 20.1 Å². The van der Waals surface area contributed by atoms with Gasteiger partial charge in [-0.2, -0.15) is 18.3 Å². The average Bonchev–Trinajstić information content (AvgIpc) is 2.76. The van der Waals surface area contributed by atoms with Gasteiger partial charge in [0.05, 0.1) is 23.5 Å². The van der Waals surface area contributed by atoms with Crippen molar-refractivity contribution in [1.82, 2.24) is 24.7 Å². The summed E-state index contributed by atoms with van der Waals surface area (Å²) < 4.78 is 41.4. The first-order valence-corrected chi connectivity index (χ1v) is 10.2. The summed E-state index contributed by atoms with van der Waals surface area (Å²) >= 11 is 0. The van der Waals surface area contributed by atoms with Crippen molar-refractivity contribution in [2.45, 2.75) is 57.7 Å². The van der Waals surface area contributed by atoms with Gasteiger partial charge in [0.15, 0.2) is 0 Å². The molecule has 0 amide bonds. The zero-order valence-electron chi connectivity index (χ0n) is 17.1. The molecular formula is C22H22F3N5O. The van der Waals surface area contributed by atoms with Gasteiger partial charge < -0.3 is 0 Å². The van der Waals surface area contributed by atoms with Gasteiger partial charge in [0.2, 0.25) is 0 Å². The molecule has 3 aromatic rings. The van der Waals surface area contributed by atoms with Crippen LogP contribution in [0.25, 0.3) is 11.3 Å². The number of rotatable bonds is 4. The minimum Gasteiger partial charge on any atom is -0.267 e. The SMILES string of the molecule is Cc1ncc(-c2cc(C3CCCCC3)c(=O)n(Cc3ncccc3C(F)(F)F)n2)cn1. The maximum absolute atomic E-state index is 13.4. The van der Waals surface area contributed by atoms with Crippen molar-refractivity contribution in [2.75, 3.05) is 0 Å². The zero-order valence-corrected chi connectivity index (χ0v) is 17.1. The van der Waals surface area contributed by atoms with Gasteiger partial charge in [-0.3, -0.25) is 9.78 Å². The number of aromatic nitrogens is 5. The van der Waals surface area contributed by atoms with E-state index in [9.17, 15) is 18.0 Å². The largest absolute Gasteiger partial charge is 0.418 e. The average molecular weight is 429 g/mol. The van der Waals surface area contributed by atoms with Crippen molar-refractivity contribution in [2.24, 2.45) is 0 Å². The Hall–Kier alpha value is -3.10. The zero-order chi connectivity index (χ0) is 22.0. The van der Waals surface area contributed by atoms with E-state index in [4.69, 9.17) is 0 Å². The van der Waals surface area contributed by atoms with Crippen molar-refractivity contribution >= 4 is 0 Å². The molecule has 0 atom stereocenters. The van der Waals surface area contributed by atoms with E-state index in [0.717, 1.165) is 42.9 Å². The molecule has 1 saturated carbocycles. The van der Waals surface area contributed by atoms with Crippen molar-refractivity contribution in [3.8, 4) is 11.3 Å². The lowest BCUT2D eigenvalue weighted by Crippen LogP contribution is -2.30. The molecule has 3 aromatic heterocycles. The highest BCUT2D eigenvalue weighted by Gasteiger charge is 2.34. The summed E-state index contributed by atoms with van der Waals surface area (Å²) in [5.41, 5.74) is 0.166. The molecule has 1 aliphatic rings. The van der Waals surface area contributed by atoms with Gasteiger partial charge in [0, 0.05) is 29.7 Å². The third-order valence-corrected chi connectivity index (χ3v) is 5.62. The molecule has 1 aliphatic carbocycles. The molecule has 0 saturated heterocycles. The molecule has 0 N–H and O–H groups in total. The third-order valence-electron chi connectivity index (χ3n) is 5.62. The number of aryl methyl sites for hydroxylation is 1. The first-order valence-electron chi connectivity index (χ1n) is 10.2. The van der Waals surface area contributed by atoms with Gasteiger partial charge in [0.25, 0.3) is 5.56 Å². The molecule has 0 spiro atoms. The van der Waals surface area contributed by atoms with E-state index in [1.165, 1.54) is 12.3 Å². The summed E-state index contributed by atoms with van der Waals surface area (Å²) in [5.74, 6) is 0.652. The number of pyridine rings is 1. The van der Waals surface area contributed by atoms with Crippen molar-refractivity contribution < 1.29 is 13.2 Å². The van der Waals surface area contributed by atoms with Crippen LogP contribution in [0.1, 0.15) is 60.7 Å². The lowest BCUT2D eigenvalue weighted by atomic mass is 9.84. The van der Waals surface area contributed by atoms with Crippen molar-refractivity contribution in [1.29, 1.82) is 0 Å². The first kappa shape index (κ1) is 21.1. The monoisotopic (exact) mass is 429 g/mol. The lowest BCUT2D eigenvalue weighted by Gasteiger charge is -2.22. The van der Waals surface area contributed by atoms with Gasteiger partial charge in [-0.1, -0.05) is 19.3 Å². The molecule has 0 aliphatic heterocycles. The fourth-order valence-corrected chi connectivity index (χ4v) is 4.01. The molecule has 162 valence electrons. The van der Waals surface area contributed by atoms with Crippen molar-refractivity contribution in [3.05, 3.63) is 69.8 Å². The topological polar surface area (TPSA) is 73.6 Å². The second kappa shape index (κ2) is 8.56. The fourth-order valence-electron chi connectivity index (χ4n) is 4.01. The Labute approximate surface area is 177 Å². The van der Waals surface area contributed by atoms with E-state index >= 15 is 0 Å². The summed E-state index contributed by atoms with van der Waals surface area (Å²) in [6, 6.07) is 3.94. The maximum Gasteiger partial charge on any atom is 0.418 e. The molecule has 0 radical (unpaired) electrons. The predicted molar refractivity (Wildman–Crippen MR) is 108 cm³/mol. The van der Waals surface area contributed by atoms with E-state index in [0.29, 0.717) is 22.6 Å². The second-order valence-corrected chi connectivity index (χ2v) is 7.80. The van der Waals surface area contributed by atoms with Crippen molar-refractivity contribution in [3.63, 3.8) is 0 Å². The summed E-state index contributed by atoms with van der Waals surface area (Å²) in [4.78, 5) is 25.5. The van der Waals surface area contributed by atoms with Crippen LogP contribution >= 0.6 is 0 Å². The van der Waals surface area contributed by atoms with Crippen LogP contribution in [0.4, 0.5) is 13.2 Å². The highest BCUT2D eigenvalue weighted by Crippen LogP contribution is 2.33. The van der Waals surface area contributed by atoms with Crippen LogP contribution in [0.2, 0.25) is 0 Å². The van der Waals surface area contributed by atoms with Crippen LogP contribution < -0.4 is 5.56 Å². The summed E-state index contributed by atoms with van der Waals surface area (Å²) in [6.45, 7) is 1.39. The lowest BCUT2D eigenvalue weighted by molar-refractivity contribution is -0.138. The normalized spacial score (nSPS) is 15.2. The fraction of sp³-hybridized carbons (Fsp3) is 0.409. The molecule has 6 nitrogen and oxygen atoms in total. The number of hydrogen-bond donors (Lipinski definition) is 0. The van der Waals surface area contributed by atoms with Crippen LogP contribution in [-0.4, -0.2) is 24.7 Å². The Morgan fingerprint density at radius 2 is 1.81 bits per heavy atom. The van der Waals surface area contributed by atoms with E-state index in [-0.39, 0.29) is 23.7 Å². The molecule has 9 heteroatoms. The van der Waals surface area contributed by atoms with Gasteiger partial charge in [-0.15, -0.1) is 0 Å². The Morgan fingerprint density at radius 3 is 2.48 bits per heavy atom. The smallest absolute Gasteiger partial charge is 0.267 e. The van der Waals surface area contributed by atoms with Gasteiger partial charge in [0.1, 0.15) is 5.82 Å². The summed E-state index contributed by atoms with van der Waals surface area (Å²) in [6.07, 6.45) is 4.84. The van der Waals surface area contributed by atoms with E-state index < -0.39 is 11.7 Å². The number of hydrogen-bond acceptors (Lipinski definition) is 5. The molecule has 31 heavy (non-hydrogen) atoms. The Morgan fingerprint density at radius 1 is 1.10 bits per heavy atom. The van der Waals surface area contributed by atoms with Crippen LogP contribution in [0, 0.1) is 6.92 Å². The first-order chi connectivity index (χ1) is 14.8. The quantitative estimate of drug-likeness (QED) is 0.610. The number of alkyl halides is 3. The molecule has 1 fully saturated rings. The predicted octanol–water partition coefficient (Wildman–Crippen LogP) is 4.52. The molecule has 0 unspecified atom stereocenters. The minimum atomic E-state index is -4.57. The van der Waals surface area contributed by atoms with Gasteiger partial charge >= 0.3 is 6.18 Å². The van der Waals surface area contributed by atoms with Crippen LogP contribution in [0.3, 0.4) is 0 Å². The number of nitrogens with zero attached hydrogens (tertiary/aromatic N) is 5. The Balaban J connectivity index is 1.82. The summed E-state index contributed by atoms with van der Waals surface area (Å²) in [7, 11) is 0. The highest BCUT2D eigenvalue weighted by atomic mass is 19.4. The van der Waals surface area contributed by atoms with Gasteiger partial charge in [-0.25, -0.2) is 14.6 Å². The molecule has 4 rings (SSSR count). The Kier molecular flexibility index (Phi) is 5.84. The van der Waals surface area contributed by atoms with E-state index in [1.807, 2.05) is 0 Å². The molecular weight excluding hydrogens is 407 g/mol. The molecule has 3 heterocycles. The second-order valence-electron chi connectivity index (χ2n) is 7.80. The molecule has 0 bridgehead atoms. The van der Waals surface area contributed by atoms with E-state index in [1.54, 1.807) is 25.4 Å². The van der Waals surface area contributed by atoms with Crippen LogP contribution in [0.15, 0.2) is 41.6 Å². The standard InChI is InChI=1S/C22H22F3N5O/c1-14-27-11-16(12-28-14)19-10-17(15-6-3-2-4-7-15)21(31)30(29-19)13-20-18(22(23,24)25)8-5-9-26-20/h5,8-12,15H,2-4,6-7,13H2,1H3.